The summed E-state index contributed by atoms with van der Waals surface area (Å²) in [5.74, 6) is 0.918. The van der Waals surface area contributed by atoms with Crippen LogP contribution in [0.4, 0.5) is 0 Å². The van der Waals surface area contributed by atoms with Crippen LogP contribution in [0, 0.1) is 37.4 Å². The molecule has 9 heteroatoms. The van der Waals surface area contributed by atoms with Crippen molar-refractivity contribution in [1.82, 2.24) is 9.55 Å². The molecule has 0 saturated heterocycles. The molecule has 0 aliphatic carbocycles. The van der Waals surface area contributed by atoms with Crippen LogP contribution in [0.1, 0.15) is 0 Å². The maximum absolute atomic E-state index is 7.50. The van der Waals surface area contributed by atoms with Gasteiger partial charge in [-0.3, -0.25) is 0 Å². The predicted molar refractivity (Wildman–Crippen MR) is 123 cm³/mol. The fourth-order valence-corrected chi connectivity index (χ4v) is 3.34. The van der Waals surface area contributed by atoms with Crippen molar-refractivity contribution in [3.63, 3.8) is 0 Å². The van der Waals surface area contributed by atoms with Crippen LogP contribution >= 0.6 is 0 Å². The van der Waals surface area contributed by atoms with E-state index in [0.717, 1.165) is 32.5 Å². The number of hydrogen-bond acceptors (Lipinski definition) is 1. The van der Waals surface area contributed by atoms with Crippen LogP contribution in [0.5, 0.6) is 0 Å². The van der Waals surface area contributed by atoms with Gasteiger partial charge in [-0.05, 0) is 0 Å². The van der Waals surface area contributed by atoms with Gasteiger partial charge in [0.05, 0.1) is 0 Å². The van der Waals surface area contributed by atoms with Gasteiger partial charge in [0.15, 0.2) is 0 Å². The molecular formula is C27H16CrN2O5Se. The summed E-state index contributed by atoms with van der Waals surface area (Å²) in [6.07, 6.45) is 0. The maximum atomic E-state index is 7.50. The van der Waals surface area contributed by atoms with Gasteiger partial charge in [0.1, 0.15) is 0 Å². The molecule has 4 rings (SSSR count). The molecule has 0 atom stereocenters. The second-order valence-electron chi connectivity index (χ2n) is 5.71. The molecule has 0 amide bonds. The van der Waals surface area contributed by atoms with Crippen molar-refractivity contribution >= 4 is 15.6 Å². The van der Waals surface area contributed by atoms with Crippen molar-refractivity contribution in [1.29, 1.82) is 0 Å². The Bertz CT molecular complexity index is 1190. The molecule has 0 bridgehead atoms. The minimum absolute atomic E-state index is 0. The summed E-state index contributed by atoms with van der Waals surface area (Å²) < 4.78 is 40.6. The number of rotatable bonds is 3. The van der Waals surface area contributed by atoms with Gasteiger partial charge in [-0.15, -0.1) is 0 Å². The SMILES string of the molecule is [C-]#[O+].[C-]#[O+].[C-]#[O+].[C-]#[O+].[C-]#[O+].[Cr].[Se]=c1cc(-c2ccccc2)n(-c2ccccc2)c(-c2ccccc2)n1. The first kappa shape index (κ1) is 37.0. The summed E-state index contributed by atoms with van der Waals surface area (Å²) in [5, 5.41) is 0. The summed E-state index contributed by atoms with van der Waals surface area (Å²) in [5.41, 5.74) is 4.44. The fraction of sp³-hybridized carbons (Fsp3) is 0. The Morgan fingerprint density at radius 1 is 0.556 bits per heavy atom. The second-order valence-corrected chi connectivity index (χ2v) is 6.58. The third kappa shape index (κ3) is 11.3. The van der Waals surface area contributed by atoms with Crippen LogP contribution in [0.15, 0.2) is 97.1 Å². The monoisotopic (exact) mass is 580 g/mol. The molecule has 0 spiro atoms. The Hall–Kier alpha value is -3.51. The molecule has 4 aromatic rings. The van der Waals surface area contributed by atoms with Gasteiger partial charge < -0.3 is 0 Å². The second kappa shape index (κ2) is 24.6. The summed E-state index contributed by atoms with van der Waals surface area (Å²) in [6, 6.07) is 33.2. The van der Waals surface area contributed by atoms with Crippen LogP contribution in [0.2, 0.25) is 0 Å². The van der Waals surface area contributed by atoms with E-state index >= 15 is 0 Å². The number of benzene rings is 3. The predicted octanol–water partition coefficient (Wildman–Crippen LogP) is 4.72. The van der Waals surface area contributed by atoms with E-state index in [1.54, 1.807) is 0 Å². The normalized spacial score (nSPS) is 7.61. The molecule has 0 aliphatic heterocycles. The Morgan fingerprint density at radius 3 is 1.33 bits per heavy atom. The van der Waals surface area contributed by atoms with Crippen molar-refractivity contribution in [2.45, 2.75) is 0 Å². The van der Waals surface area contributed by atoms with Crippen molar-refractivity contribution < 1.29 is 40.6 Å². The van der Waals surface area contributed by atoms with Gasteiger partial charge >= 0.3 is 211 Å². The first-order valence-corrected chi connectivity index (χ1v) is 10.0. The average Bonchev–Trinajstić information content (AvgIpc) is 2.99. The van der Waals surface area contributed by atoms with E-state index in [4.69, 9.17) is 28.2 Å². The van der Waals surface area contributed by atoms with Crippen LogP contribution in [-0.4, -0.2) is 25.1 Å². The van der Waals surface area contributed by atoms with E-state index in [1.165, 1.54) is 0 Å². The molecule has 3 aromatic carbocycles. The summed E-state index contributed by atoms with van der Waals surface area (Å²) >= 11 is 3.08. The topological polar surface area (TPSA) is 117 Å². The standard InChI is InChI=1S/C22H16N2Se.5CO.Cr/c25-21-16-20(17-10-4-1-5-11-17)24(19-14-8-3-9-15-19)22(23-21)18-12-6-2-7-13-18;5*1-2;/h1-16H;;;;;;. The molecule has 0 aliphatic rings. The van der Waals surface area contributed by atoms with Crippen molar-refractivity contribution in [2.24, 2.45) is 0 Å². The van der Waals surface area contributed by atoms with E-state index in [9.17, 15) is 0 Å². The zero-order valence-corrected chi connectivity index (χ0v) is 21.5. The minimum atomic E-state index is 0. The summed E-state index contributed by atoms with van der Waals surface area (Å²) in [6.45, 7) is 22.5. The van der Waals surface area contributed by atoms with Crippen molar-refractivity contribution in [3.05, 3.63) is 135 Å². The Balaban J connectivity index is -0.000000889. The number of aromatic nitrogens is 2. The molecule has 0 radical (unpaired) electrons. The summed E-state index contributed by atoms with van der Waals surface area (Å²) in [7, 11) is 0. The molecule has 1 heterocycles. The molecule has 176 valence electrons. The zero-order chi connectivity index (χ0) is 27.1. The molecule has 0 fully saturated rings. The number of nitrogens with zero attached hydrogens (tertiary/aromatic N) is 2. The fourth-order valence-electron chi connectivity index (χ4n) is 2.92. The van der Waals surface area contributed by atoms with E-state index in [-0.39, 0.29) is 17.4 Å². The molecule has 0 saturated carbocycles. The Morgan fingerprint density at radius 2 is 0.917 bits per heavy atom. The van der Waals surface area contributed by atoms with Crippen LogP contribution in [0.25, 0.3) is 28.3 Å². The van der Waals surface area contributed by atoms with E-state index in [1.807, 2.05) is 30.3 Å². The first-order chi connectivity index (χ1) is 17.3. The zero-order valence-electron chi connectivity index (χ0n) is 18.5. The van der Waals surface area contributed by atoms with E-state index in [2.05, 4.69) is 120 Å². The van der Waals surface area contributed by atoms with Crippen LogP contribution in [0.3, 0.4) is 0 Å². The summed E-state index contributed by atoms with van der Waals surface area (Å²) in [4.78, 5) is 4.81. The Kier molecular flexibility index (Phi) is 25.3. The molecule has 1 aromatic heterocycles. The molecule has 0 unspecified atom stereocenters. The van der Waals surface area contributed by atoms with Crippen LogP contribution < -0.4 is 0 Å². The van der Waals surface area contributed by atoms with Gasteiger partial charge in [0, 0.05) is 17.4 Å². The van der Waals surface area contributed by atoms with Crippen molar-refractivity contribution in [2.75, 3.05) is 0 Å². The Labute approximate surface area is 227 Å². The molecule has 7 nitrogen and oxygen atoms in total. The van der Waals surface area contributed by atoms with Crippen molar-refractivity contribution in [3.8, 4) is 28.3 Å². The van der Waals surface area contributed by atoms with Gasteiger partial charge in [0.2, 0.25) is 0 Å². The van der Waals surface area contributed by atoms with Crippen LogP contribution in [-0.2, 0) is 40.6 Å². The third-order valence-corrected chi connectivity index (χ3v) is 4.48. The van der Waals surface area contributed by atoms with E-state index in [0.29, 0.717) is 0 Å². The molecule has 0 N–H and O–H groups in total. The van der Waals surface area contributed by atoms with Gasteiger partial charge in [-0.25, -0.2) is 0 Å². The third-order valence-electron chi connectivity index (χ3n) is 4.04. The van der Waals surface area contributed by atoms with Gasteiger partial charge in [0.25, 0.3) is 0 Å². The average molecular weight is 579 g/mol. The number of para-hydroxylation sites is 1. The van der Waals surface area contributed by atoms with E-state index < -0.39 is 0 Å². The molecular weight excluding hydrogens is 563 g/mol. The van der Waals surface area contributed by atoms with Gasteiger partial charge in [-0.2, -0.15) is 0 Å². The van der Waals surface area contributed by atoms with Gasteiger partial charge in [-0.1, -0.05) is 0 Å². The first-order valence-electron chi connectivity index (χ1n) is 9.15. The quantitative estimate of drug-likeness (QED) is 0.195. The molecule has 36 heavy (non-hydrogen) atoms. The number of hydrogen-bond donors (Lipinski definition) is 0.